The number of hydrogen-bond acceptors (Lipinski definition) is 3. The van der Waals surface area contributed by atoms with Crippen molar-refractivity contribution in [2.45, 2.75) is 0 Å². The van der Waals surface area contributed by atoms with Crippen LogP contribution in [0.15, 0.2) is 170 Å². The van der Waals surface area contributed by atoms with Crippen molar-refractivity contribution < 1.29 is 0 Å². The van der Waals surface area contributed by atoms with Crippen LogP contribution in [-0.4, -0.2) is 4.57 Å². The molecule has 226 valence electrons. The minimum Gasteiger partial charge on any atom is -0.317 e. The highest BCUT2D eigenvalue weighted by atomic mass is 32.1. The fourth-order valence-electron chi connectivity index (χ4n) is 7.08. The molecule has 2 nitrogen and oxygen atoms in total. The van der Waals surface area contributed by atoms with Gasteiger partial charge in [0, 0.05) is 69.3 Å². The van der Waals surface area contributed by atoms with Crippen LogP contribution in [0.2, 0.25) is 0 Å². The summed E-state index contributed by atoms with van der Waals surface area (Å²) in [5.41, 5.74) is 8.21. The Bertz CT molecular complexity index is 2670. The highest BCUT2D eigenvalue weighted by molar-refractivity contribution is 7.26. The number of hydrogen-bond donors (Lipinski definition) is 0. The molecular formula is C44H28N2S2. The van der Waals surface area contributed by atoms with Gasteiger partial charge >= 0.3 is 0 Å². The topological polar surface area (TPSA) is 8.17 Å². The van der Waals surface area contributed by atoms with Crippen LogP contribution in [-0.2, 0) is 0 Å². The number of rotatable bonds is 5. The van der Waals surface area contributed by atoms with Crippen LogP contribution < -0.4 is 4.90 Å². The maximum Gasteiger partial charge on any atom is 0.0534 e. The van der Waals surface area contributed by atoms with Gasteiger partial charge in [0.25, 0.3) is 0 Å². The summed E-state index contributed by atoms with van der Waals surface area (Å²) in [5, 5.41) is 6.45. The van der Waals surface area contributed by atoms with Gasteiger partial charge in [0.1, 0.15) is 0 Å². The van der Waals surface area contributed by atoms with Crippen molar-refractivity contribution >= 4 is 91.0 Å². The predicted molar refractivity (Wildman–Crippen MR) is 209 cm³/mol. The third kappa shape index (κ3) is 4.45. The summed E-state index contributed by atoms with van der Waals surface area (Å²) in [7, 11) is 0. The van der Waals surface area contributed by atoms with Crippen LogP contribution in [0.25, 0.3) is 68.1 Å². The van der Waals surface area contributed by atoms with Gasteiger partial charge < -0.3 is 9.47 Å². The number of para-hydroxylation sites is 1. The highest BCUT2D eigenvalue weighted by Gasteiger charge is 2.17. The number of thiophene rings is 2. The maximum absolute atomic E-state index is 2.41. The summed E-state index contributed by atoms with van der Waals surface area (Å²) in [6.45, 7) is 0. The first-order valence-electron chi connectivity index (χ1n) is 16.2. The summed E-state index contributed by atoms with van der Waals surface area (Å²) in [6.07, 6.45) is 2.16. The van der Waals surface area contributed by atoms with Gasteiger partial charge in [-0.1, -0.05) is 78.9 Å². The molecule has 0 fully saturated rings. The zero-order chi connectivity index (χ0) is 31.6. The molecule has 0 spiro atoms. The summed E-state index contributed by atoms with van der Waals surface area (Å²) >= 11 is 3.72. The van der Waals surface area contributed by atoms with Crippen LogP contribution in [0.1, 0.15) is 0 Å². The Hall–Kier alpha value is -5.68. The lowest BCUT2D eigenvalue weighted by molar-refractivity contribution is 1.13. The Labute approximate surface area is 286 Å². The first-order chi connectivity index (χ1) is 23.8. The lowest BCUT2D eigenvalue weighted by Gasteiger charge is -2.26. The smallest absolute Gasteiger partial charge is 0.0534 e. The first kappa shape index (κ1) is 27.4. The fourth-order valence-corrected chi connectivity index (χ4v) is 9.25. The lowest BCUT2D eigenvalue weighted by atomic mass is 10.0. The van der Waals surface area contributed by atoms with Crippen LogP contribution in [0.3, 0.4) is 0 Å². The number of benzene rings is 7. The largest absolute Gasteiger partial charge is 0.317 e. The molecule has 0 aliphatic rings. The molecule has 10 rings (SSSR count). The van der Waals surface area contributed by atoms with E-state index in [0.717, 1.165) is 17.1 Å². The average molecular weight is 649 g/mol. The van der Waals surface area contributed by atoms with E-state index in [0.29, 0.717) is 0 Å². The van der Waals surface area contributed by atoms with Crippen molar-refractivity contribution in [3.8, 4) is 16.8 Å². The summed E-state index contributed by atoms with van der Waals surface area (Å²) in [5.74, 6) is 0. The SMILES string of the molecule is c1ccc(-n2ccc3ccc(-c4ccc(N(c5ccc6sc7ccccc7c6c5)c5ccc6sc7ccccc7c6c5)cc4)cc32)cc1. The van der Waals surface area contributed by atoms with E-state index in [4.69, 9.17) is 0 Å². The fraction of sp³-hybridized carbons (Fsp3) is 0. The molecule has 0 aliphatic carbocycles. The summed E-state index contributed by atoms with van der Waals surface area (Å²) in [4.78, 5) is 2.41. The third-order valence-electron chi connectivity index (χ3n) is 9.42. The van der Waals surface area contributed by atoms with Crippen molar-refractivity contribution in [3.05, 3.63) is 170 Å². The zero-order valence-corrected chi connectivity index (χ0v) is 27.5. The zero-order valence-electron chi connectivity index (χ0n) is 25.9. The predicted octanol–water partition coefficient (Wildman–Crippen LogP) is 13.5. The second-order valence-corrected chi connectivity index (χ2v) is 14.4. The second kappa shape index (κ2) is 11.0. The van der Waals surface area contributed by atoms with E-state index in [-0.39, 0.29) is 0 Å². The molecule has 0 bridgehead atoms. The molecule has 3 heterocycles. The average Bonchev–Trinajstić information content (AvgIpc) is 3.85. The first-order valence-corrected chi connectivity index (χ1v) is 17.8. The minimum atomic E-state index is 1.13. The number of anilines is 3. The standard InChI is InChI=1S/C44H28N2S2/c1-2-8-32(9-3-1)45-25-24-30-14-15-31(26-40(30)45)29-16-18-33(19-17-29)46(34-20-22-43-38(27-34)36-10-4-6-12-41(36)47-43)35-21-23-44-39(28-35)37-11-5-7-13-42(37)48-44/h1-28H. The van der Waals surface area contributed by atoms with Crippen molar-refractivity contribution in [2.24, 2.45) is 0 Å². The molecule has 7 aromatic carbocycles. The van der Waals surface area contributed by atoms with Gasteiger partial charge in [0.15, 0.2) is 0 Å². The lowest BCUT2D eigenvalue weighted by Crippen LogP contribution is -2.09. The molecular weight excluding hydrogens is 621 g/mol. The van der Waals surface area contributed by atoms with Crippen molar-refractivity contribution in [1.82, 2.24) is 4.57 Å². The molecule has 0 saturated carbocycles. The molecule has 10 aromatic rings. The Morgan fingerprint density at radius 2 is 0.938 bits per heavy atom. The van der Waals surface area contributed by atoms with Gasteiger partial charge in [0.2, 0.25) is 0 Å². The molecule has 0 radical (unpaired) electrons. The molecule has 0 atom stereocenters. The van der Waals surface area contributed by atoms with Gasteiger partial charge in [-0.25, -0.2) is 0 Å². The molecule has 0 N–H and O–H groups in total. The van der Waals surface area contributed by atoms with E-state index in [9.17, 15) is 0 Å². The second-order valence-electron chi connectivity index (χ2n) is 12.2. The minimum absolute atomic E-state index is 1.13. The van der Waals surface area contributed by atoms with Gasteiger partial charge in [-0.05, 0) is 101 Å². The van der Waals surface area contributed by atoms with E-state index in [1.807, 2.05) is 22.7 Å². The molecule has 4 heteroatoms. The van der Waals surface area contributed by atoms with Crippen molar-refractivity contribution in [1.29, 1.82) is 0 Å². The maximum atomic E-state index is 2.41. The molecule has 0 amide bonds. The van der Waals surface area contributed by atoms with E-state index < -0.39 is 0 Å². The number of nitrogens with zero attached hydrogens (tertiary/aromatic N) is 2. The van der Waals surface area contributed by atoms with E-state index in [1.54, 1.807) is 0 Å². The van der Waals surface area contributed by atoms with Crippen molar-refractivity contribution in [2.75, 3.05) is 4.90 Å². The Morgan fingerprint density at radius 1 is 0.396 bits per heavy atom. The normalized spacial score (nSPS) is 11.8. The van der Waals surface area contributed by atoms with E-state index in [1.165, 1.54) is 68.1 Å². The monoisotopic (exact) mass is 648 g/mol. The molecule has 3 aromatic heterocycles. The van der Waals surface area contributed by atoms with Gasteiger partial charge in [-0.2, -0.15) is 0 Å². The highest BCUT2D eigenvalue weighted by Crippen LogP contribution is 2.43. The van der Waals surface area contributed by atoms with Crippen LogP contribution >= 0.6 is 22.7 Å². The third-order valence-corrected chi connectivity index (χ3v) is 11.7. The van der Waals surface area contributed by atoms with E-state index >= 15 is 0 Å². The Balaban J connectivity index is 1.11. The van der Waals surface area contributed by atoms with Crippen LogP contribution in [0.5, 0.6) is 0 Å². The molecule has 48 heavy (non-hydrogen) atoms. The number of fused-ring (bicyclic) bond motifs is 7. The van der Waals surface area contributed by atoms with Crippen LogP contribution in [0, 0.1) is 0 Å². The number of aromatic nitrogens is 1. The Kier molecular flexibility index (Phi) is 6.26. The molecule has 0 saturated heterocycles. The van der Waals surface area contributed by atoms with Gasteiger partial charge in [0.05, 0.1) is 5.52 Å². The van der Waals surface area contributed by atoms with Gasteiger partial charge in [-0.3, -0.25) is 0 Å². The molecule has 0 aliphatic heterocycles. The van der Waals surface area contributed by atoms with Crippen molar-refractivity contribution in [3.63, 3.8) is 0 Å². The quantitative estimate of drug-likeness (QED) is 0.180. The van der Waals surface area contributed by atoms with Crippen LogP contribution in [0.4, 0.5) is 17.1 Å². The summed E-state index contributed by atoms with van der Waals surface area (Å²) in [6, 6.07) is 59.9. The van der Waals surface area contributed by atoms with Gasteiger partial charge in [-0.15, -0.1) is 22.7 Å². The molecule has 0 unspecified atom stereocenters. The van der Waals surface area contributed by atoms with E-state index in [2.05, 4.69) is 179 Å². The summed E-state index contributed by atoms with van der Waals surface area (Å²) < 4.78 is 7.53. The Morgan fingerprint density at radius 3 is 1.58 bits per heavy atom.